The maximum Gasteiger partial charge on any atom is 0.341 e. The third-order valence-electron chi connectivity index (χ3n) is 31.8. The van der Waals surface area contributed by atoms with Crippen LogP contribution in [0.1, 0.15) is 211 Å². The highest BCUT2D eigenvalue weighted by molar-refractivity contribution is 6.05. The number of nitrogens with one attached hydrogen (secondary N) is 2. The molecule has 8 saturated carbocycles. The number of benzene rings is 2. The lowest BCUT2D eigenvalue weighted by Crippen LogP contribution is -2.62. The number of piperidine rings is 2. The molecule has 616 valence electrons. The van der Waals surface area contributed by atoms with Crippen LogP contribution >= 0.6 is 0 Å². The molecule has 25 heteroatoms. The fourth-order valence-corrected chi connectivity index (χ4v) is 25.8. The van der Waals surface area contributed by atoms with E-state index in [-0.39, 0.29) is 116 Å². The molecule has 0 amide bonds. The number of nitrogens with zero attached hydrogens (tertiary/aromatic N) is 4. The van der Waals surface area contributed by atoms with Crippen molar-refractivity contribution in [1.82, 2.24) is 19.8 Å². The summed E-state index contributed by atoms with van der Waals surface area (Å²) in [5, 5.41) is 72.7. The van der Waals surface area contributed by atoms with Crippen molar-refractivity contribution < 1.29 is 82.4 Å². The van der Waals surface area contributed by atoms with Crippen molar-refractivity contribution in [1.29, 1.82) is 0 Å². The van der Waals surface area contributed by atoms with E-state index in [0.717, 1.165) is 115 Å². The molecule has 0 radical (unpaired) electrons. The van der Waals surface area contributed by atoms with Crippen LogP contribution in [0.3, 0.4) is 0 Å². The van der Waals surface area contributed by atoms with Crippen LogP contribution in [-0.4, -0.2) is 183 Å². The molecule has 23 nitrogen and oxygen atoms in total. The minimum atomic E-state index is -1.77. The Kier molecular flexibility index (Phi) is 20.7. The maximum absolute atomic E-state index is 16.6. The third-order valence-corrected chi connectivity index (χ3v) is 31.8. The summed E-state index contributed by atoms with van der Waals surface area (Å²) in [6.07, 6.45) is 20.5. The number of pyridine rings is 2. The van der Waals surface area contributed by atoms with Crippen LogP contribution in [0.15, 0.2) is 45.0 Å². The third kappa shape index (κ3) is 12.3. The lowest BCUT2D eigenvalue weighted by atomic mass is 9.45. The van der Waals surface area contributed by atoms with Gasteiger partial charge in [0.25, 0.3) is 0 Å². The van der Waals surface area contributed by atoms with Crippen molar-refractivity contribution in [2.45, 2.75) is 231 Å². The number of aryl methyl sites for hydroxylation is 2. The van der Waals surface area contributed by atoms with Crippen LogP contribution in [-0.2, 0) is 23.9 Å². The summed E-state index contributed by atoms with van der Waals surface area (Å²) < 4.78 is 53.9. The molecule has 4 saturated heterocycles. The summed E-state index contributed by atoms with van der Waals surface area (Å²) in [5.41, 5.74) is -1.98. The van der Waals surface area contributed by atoms with Crippen LogP contribution in [0, 0.1) is 108 Å². The van der Waals surface area contributed by atoms with Gasteiger partial charge in [0.1, 0.15) is 48.0 Å². The molecule has 114 heavy (non-hydrogen) atoms. The topological polar surface area (TPSA) is 326 Å². The molecule has 12 fully saturated rings. The highest BCUT2D eigenvalue weighted by atomic mass is 19.1. The van der Waals surface area contributed by atoms with E-state index in [0.29, 0.717) is 108 Å². The minimum Gasteiger partial charge on any atom is -0.492 e. The Morgan fingerprint density at radius 3 is 1.56 bits per heavy atom. The number of carbonyl (C=O) groups excluding carboxylic acids is 5. The fraction of sp³-hybridized carbons (Fsp3) is 0.663. The first-order valence-electron chi connectivity index (χ1n) is 42.0. The number of fused-ring (bicyclic) bond motifs is 14. The van der Waals surface area contributed by atoms with Gasteiger partial charge in [-0.1, -0.05) is 44.9 Å². The Morgan fingerprint density at radius 2 is 1.07 bits per heavy atom. The first-order chi connectivity index (χ1) is 54.2. The molecule has 18 atom stereocenters. The molecule has 0 bridgehead atoms. The van der Waals surface area contributed by atoms with Crippen molar-refractivity contribution in [2.24, 2.45) is 69.0 Å². The highest BCUT2D eigenvalue weighted by Crippen LogP contribution is 2.70. The number of carbonyl (C=O) groups is 6. The zero-order chi connectivity index (χ0) is 81.3. The number of aliphatic hydroxyl groups is 5. The standard InChI is InChI=1S/C45H56FN3O8.C23H28FN3O4.C21H30O5/c1-23-35-39(42(56-5)40(38(23)46)48-19-25-7-6-16-47-31(25)20-48)49(27-9-10-27)24(2)36(41(35)54)33(52)21-57-22-34(53)45(55)15-13-30-29-11-8-26-17-28(50)12-14-43(26,3)37(29)32(51)18-44(30,45)4;1-11-16-19(27(14-6-7-14)12(2)17(21(16)28)23(29)30)22(31-3)20(18(11)24)26-9-13-5-4-8-25-15(13)10-26;1-19-7-5-13(23)9-12(19)3-4-14-15-6-8-21(26,17(25)11-22)20(15,2)10-16(24)18(14)19/h12,14,17,25,27,29-32,37,47,51,55H,6-11,13,15-16,18-22H2,1-5H3;13-15,25H,4-10H2,1-3H3,(H,29,30);9,14-16,18,22,24,26H,3-8,10-11H2,1-2H3/t25?,29-,30-,31?,32-,37+,43-,44-,45-;;14-,15-,16-,18+,19-,20-,21-/m0.0/s1. The largest absolute Gasteiger partial charge is 0.492 e. The Bertz CT molecular complexity index is 4910. The summed E-state index contributed by atoms with van der Waals surface area (Å²) in [5.74, 6) is -1.99. The summed E-state index contributed by atoms with van der Waals surface area (Å²) in [6.45, 7) is 17.5. The Hall–Kier alpha value is -7.36. The number of rotatable bonds is 15. The van der Waals surface area contributed by atoms with Crippen molar-refractivity contribution in [2.75, 3.05) is 83.1 Å². The number of aromatic nitrogens is 2. The lowest BCUT2D eigenvalue weighted by Gasteiger charge is -2.60. The molecule has 4 aromatic rings. The second kappa shape index (κ2) is 29.3. The van der Waals surface area contributed by atoms with E-state index >= 15 is 8.78 Å². The molecule has 4 aliphatic heterocycles. The van der Waals surface area contributed by atoms with Crippen molar-refractivity contribution in [3.63, 3.8) is 0 Å². The lowest BCUT2D eigenvalue weighted by molar-refractivity contribution is -0.182. The number of methoxy groups -OCH3 is 2. The fourth-order valence-electron chi connectivity index (χ4n) is 25.8. The van der Waals surface area contributed by atoms with Gasteiger partial charge in [-0.05, 0) is 228 Å². The van der Waals surface area contributed by atoms with Crippen LogP contribution in [0.4, 0.5) is 20.2 Å². The molecular formula is C89H114F2N6O17. The van der Waals surface area contributed by atoms with Gasteiger partial charge in [0.2, 0.25) is 10.9 Å². The van der Waals surface area contributed by atoms with E-state index in [1.807, 2.05) is 38.9 Å². The Morgan fingerprint density at radius 1 is 0.588 bits per heavy atom. The summed E-state index contributed by atoms with van der Waals surface area (Å²) in [7, 11) is 3.00. The van der Waals surface area contributed by atoms with E-state index in [4.69, 9.17) is 14.2 Å². The molecule has 2 aromatic heterocycles. The molecular weight excluding hydrogens is 1460 g/mol. The van der Waals surface area contributed by atoms with Gasteiger partial charge in [0.05, 0.1) is 53.8 Å². The van der Waals surface area contributed by atoms with Crippen LogP contribution in [0.25, 0.3) is 21.8 Å². The number of hydrogen-bond acceptors (Lipinski definition) is 20. The van der Waals surface area contributed by atoms with E-state index in [2.05, 4.69) is 24.5 Å². The van der Waals surface area contributed by atoms with Gasteiger partial charge in [-0.15, -0.1) is 0 Å². The average molecular weight is 1580 g/mol. The van der Waals surface area contributed by atoms with Gasteiger partial charge < -0.3 is 74.4 Å². The zero-order valence-electron chi connectivity index (χ0n) is 67.6. The van der Waals surface area contributed by atoms with E-state index < -0.39 is 105 Å². The Labute approximate surface area is 663 Å². The minimum absolute atomic E-state index is 0.0123. The number of carboxylic acids is 1. The van der Waals surface area contributed by atoms with Gasteiger partial charge in [0.15, 0.2) is 52.0 Å². The number of ketones is 5. The zero-order valence-corrected chi connectivity index (χ0v) is 67.6. The van der Waals surface area contributed by atoms with E-state index in [1.54, 1.807) is 45.9 Å². The smallest absolute Gasteiger partial charge is 0.341 e. The molecule has 14 aliphatic rings. The van der Waals surface area contributed by atoms with Crippen molar-refractivity contribution >= 4 is 68.1 Å². The molecule has 2 aromatic carbocycles. The highest BCUT2D eigenvalue weighted by Gasteiger charge is 2.70. The number of aromatic carboxylic acids is 1. The van der Waals surface area contributed by atoms with Gasteiger partial charge >= 0.3 is 5.97 Å². The predicted octanol–water partition coefficient (Wildman–Crippen LogP) is 9.84. The molecule has 0 spiro atoms. The van der Waals surface area contributed by atoms with Crippen molar-refractivity contribution in [3.05, 3.63) is 101 Å². The quantitative estimate of drug-likeness (QED) is 0.0513. The van der Waals surface area contributed by atoms with Crippen molar-refractivity contribution in [3.8, 4) is 11.5 Å². The number of carboxylic acid groups (broad SMARTS) is 1. The normalized spacial score (nSPS) is 35.7. The average Bonchev–Trinajstić information content (AvgIpc) is 1.45. The van der Waals surface area contributed by atoms with Crippen LogP contribution in [0.5, 0.6) is 11.5 Å². The van der Waals surface area contributed by atoms with Gasteiger partial charge in [0, 0.05) is 101 Å². The second-order valence-corrected chi connectivity index (χ2v) is 37.4. The first kappa shape index (κ1) is 80.4. The number of Topliss-reactive ketones (excluding diaryl/α,β-unsaturated/α-hetero) is 3. The Balaban J connectivity index is 0.000000144. The van der Waals surface area contributed by atoms with E-state index in [1.165, 1.54) is 19.8 Å². The first-order valence-corrected chi connectivity index (χ1v) is 42.0. The maximum atomic E-state index is 16.6. The number of aliphatic hydroxyl groups excluding tert-OH is 3. The van der Waals surface area contributed by atoms with Gasteiger partial charge in [-0.25, -0.2) is 13.6 Å². The van der Waals surface area contributed by atoms with Gasteiger partial charge in [-0.3, -0.25) is 33.6 Å². The number of allylic oxidation sites excluding steroid dienone is 5. The molecule has 18 rings (SSSR count). The number of ether oxygens (including phenoxy) is 3. The second-order valence-electron chi connectivity index (χ2n) is 37.4. The summed E-state index contributed by atoms with van der Waals surface area (Å²) in [4.78, 5) is 108. The summed E-state index contributed by atoms with van der Waals surface area (Å²) in [6, 6.07) is 0.678. The van der Waals surface area contributed by atoms with Crippen LogP contribution in [0.2, 0.25) is 0 Å². The number of hydrogen-bond donors (Lipinski definition) is 8. The predicted molar refractivity (Wildman–Crippen MR) is 424 cm³/mol. The molecule has 8 N–H and O–H groups in total. The molecule has 4 unspecified atom stereocenters. The summed E-state index contributed by atoms with van der Waals surface area (Å²) >= 11 is 0. The molecule has 6 heterocycles. The monoisotopic (exact) mass is 1580 g/mol. The van der Waals surface area contributed by atoms with E-state index in [9.17, 15) is 69.0 Å². The molecule has 10 aliphatic carbocycles. The SMILES string of the molecule is COc1c(N2CC3CCCNC3C2)c(F)c(C)c2c(=O)c(C(=O)COCC(=O)[C@@]3(O)CC[C@H]4[C@@H]5CCC6=CC(=O)C=C[C@]6(C)[C@H]5[C@@H](O)C[C@@]43C)c(C)n(C3CC3)c12.COc1c(N2CC3CCCNC3C2)c(F)c(C)c2c(=O)c(C(=O)O)c(C)n(C3CC3)c12.C[C@]12CCC(=O)C=C1CC[C@@H]1[C@@H]2[C@@H](O)C[C@@]2(C)[C@H]1CC[C@]2(O)C(=O)CO. The van der Waals surface area contributed by atoms with Gasteiger partial charge in [-0.2, -0.15) is 0 Å². The number of halogens is 2. The van der Waals surface area contributed by atoms with Crippen LogP contribution < -0.4 is 40.8 Å². The number of anilines is 2.